The Morgan fingerprint density at radius 1 is 1.26 bits per heavy atom. The van der Waals surface area contributed by atoms with Crippen LogP contribution in [0.4, 0.5) is 4.79 Å². The SMILES string of the molecule is COc1cccc2cc(C)n(C(=O)OC(C)(C)C)c12. The van der Waals surface area contributed by atoms with Gasteiger partial charge in [-0.15, -0.1) is 0 Å². The minimum atomic E-state index is -0.526. The summed E-state index contributed by atoms with van der Waals surface area (Å²) in [7, 11) is 1.59. The molecule has 1 heterocycles. The molecule has 0 unspecified atom stereocenters. The number of hydrogen-bond acceptors (Lipinski definition) is 3. The van der Waals surface area contributed by atoms with E-state index in [4.69, 9.17) is 9.47 Å². The fourth-order valence-electron chi connectivity index (χ4n) is 2.07. The third-order valence-corrected chi connectivity index (χ3v) is 2.77. The van der Waals surface area contributed by atoms with Crippen molar-refractivity contribution in [2.24, 2.45) is 0 Å². The van der Waals surface area contributed by atoms with Crippen LogP contribution in [0.3, 0.4) is 0 Å². The van der Waals surface area contributed by atoms with Crippen LogP contribution in [0.15, 0.2) is 24.3 Å². The van der Waals surface area contributed by atoms with Gasteiger partial charge in [0.1, 0.15) is 16.9 Å². The normalized spacial score (nSPS) is 11.6. The highest BCUT2D eigenvalue weighted by molar-refractivity contribution is 5.94. The van der Waals surface area contributed by atoms with E-state index in [9.17, 15) is 4.79 Å². The first-order chi connectivity index (χ1) is 8.83. The summed E-state index contributed by atoms with van der Waals surface area (Å²) >= 11 is 0. The van der Waals surface area contributed by atoms with Crippen LogP contribution in [-0.2, 0) is 4.74 Å². The van der Waals surface area contributed by atoms with Crippen LogP contribution >= 0.6 is 0 Å². The highest BCUT2D eigenvalue weighted by Crippen LogP contribution is 2.29. The Morgan fingerprint density at radius 3 is 2.53 bits per heavy atom. The van der Waals surface area contributed by atoms with Gasteiger partial charge in [0.2, 0.25) is 0 Å². The van der Waals surface area contributed by atoms with Crippen molar-refractivity contribution in [1.29, 1.82) is 0 Å². The second-order valence-corrected chi connectivity index (χ2v) is 5.50. The molecule has 0 fully saturated rings. The molecule has 2 aromatic rings. The molecule has 19 heavy (non-hydrogen) atoms. The number of hydrogen-bond donors (Lipinski definition) is 0. The zero-order valence-corrected chi connectivity index (χ0v) is 12.0. The van der Waals surface area contributed by atoms with Gasteiger partial charge in [-0.2, -0.15) is 0 Å². The number of aromatic nitrogens is 1. The molecule has 0 saturated heterocycles. The van der Waals surface area contributed by atoms with Gasteiger partial charge < -0.3 is 9.47 Å². The largest absolute Gasteiger partial charge is 0.495 e. The van der Waals surface area contributed by atoms with E-state index in [0.29, 0.717) is 5.75 Å². The lowest BCUT2D eigenvalue weighted by Crippen LogP contribution is -2.27. The lowest BCUT2D eigenvalue weighted by molar-refractivity contribution is 0.0541. The maximum absolute atomic E-state index is 12.3. The molecule has 0 radical (unpaired) electrons. The minimum Gasteiger partial charge on any atom is -0.495 e. The Balaban J connectivity index is 2.59. The number of aryl methyl sites for hydroxylation is 1. The van der Waals surface area contributed by atoms with Crippen LogP contribution in [0, 0.1) is 6.92 Å². The summed E-state index contributed by atoms with van der Waals surface area (Å²) in [6.07, 6.45) is -0.385. The van der Waals surface area contributed by atoms with Crippen LogP contribution in [-0.4, -0.2) is 23.4 Å². The van der Waals surface area contributed by atoms with Crippen LogP contribution in [0.2, 0.25) is 0 Å². The topological polar surface area (TPSA) is 40.5 Å². The van der Waals surface area contributed by atoms with Crippen LogP contribution in [0.5, 0.6) is 5.75 Å². The molecule has 0 N–H and O–H groups in total. The zero-order valence-electron chi connectivity index (χ0n) is 12.0. The number of methoxy groups -OCH3 is 1. The molecular formula is C15H19NO3. The predicted molar refractivity (Wildman–Crippen MR) is 74.9 cm³/mol. The van der Waals surface area contributed by atoms with Crippen molar-refractivity contribution < 1.29 is 14.3 Å². The van der Waals surface area contributed by atoms with E-state index in [0.717, 1.165) is 16.6 Å². The van der Waals surface area contributed by atoms with Gasteiger partial charge >= 0.3 is 6.09 Å². The Hall–Kier alpha value is -1.97. The summed E-state index contributed by atoms with van der Waals surface area (Å²) < 4.78 is 12.3. The fourth-order valence-corrected chi connectivity index (χ4v) is 2.07. The molecule has 0 atom stereocenters. The second-order valence-electron chi connectivity index (χ2n) is 5.50. The van der Waals surface area contributed by atoms with E-state index in [1.807, 2.05) is 52.0 Å². The van der Waals surface area contributed by atoms with E-state index in [2.05, 4.69) is 0 Å². The van der Waals surface area contributed by atoms with Crippen molar-refractivity contribution in [3.63, 3.8) is 0 Å². The molecule has 4 heteroatoms. The number of carbonyl (C=O) groups excluding carboxylic acids is 1. The summed E-state index contributed by atoms with van der Waals surface area (Å²) in [5.41, 5.74) is 1.05. The van der Waals surface area contributed by atoms with Gasteiger partial charge in [-0.1, -0.05) is 12.1 Å². The number of fused-ring (bicyclic) bond motifs is 1. The molecule has 0 spiro atoms. The first-order valence-electron chi connectivity index (χ1n) is 6.22. The summed E-state index contributed by atoms with van der Waals surface area (Å²) in [6.45, 7) is 7.43. The van der Waals surface area contributed by atoms with E-state index in [1.165, 1.54) is 0 Å². The van der Waals surface area contributed by atoms with Gasteiger partial charge in [-0.05, 0) is 39.8 Å². The van der Waals surface area contributed by atoms with Gasteiger partial charge in [0.15, 0.2) is 0 Å². The first-order valence-corrected chi connectivity index (χ1v) is 6.22. The maximum Gasteiger partial charge on any atom is 0.419 e. The minimum absolute atomic E-state index is 0.385. The van der Waals surface area contributed by atoms with E-state index >= 15 is 0 Å². The van der Waals surface area contributed by atoms with E-state index < -0.39 is 5.60 Å². The van der Waals surface area contributed by atoms with Crippen molar-refractivity contribution >= 4 is 17.0 Å². The monoisotopic (exact) mass is 261 g/mol. The summed E-state index contributed by atoms with van der Waals surface area (Å²) in [5, 5.41) is 0.961. The number of benzene rings is 1. The van der Waals surface area contributed by atoms with Crippen LogP contribution < -0.4 is 4.74 Å². The standard InChI is InChI=1S/C15H19NO3/c1-10-9-11-7-6-8-12(18-5)13(11)16(10)14(17)19-15(2,3)4/h6-9H,1-5H3. The molecule has 4 nitrogen and oxygen atoms in total. The van der Waals surface area contributed by atoms with Gasteiger partial charge in [0.25, 0.3) is 0 Å². The third-order valence-electron chi connectivity index (χ3n) is 2.77. The van der Waals surface area contributed by atoms with Crippen molar-refractivity contribution in [3.05, 3.63) is 30.0 Å². The number of para-hydroxylation sites is 1. The average Bonchev–Trinajstić information content (AvgIpc) is 2.62. The molecule has 0 aliphatic heterocycles. The number of carbonyl (C=O) groups is 1. The third kappa shape index (κ3) is 2.57. The molecule has 1 aromatic carbocycles. The average molecular weight is 261 g/mol. The van der Waals surface area contributed by atoms with Gasteiger partial charge in [0.05, 0.1) is 7.11 Å². The lowest BCUT2D eigenvalue weighted by atomic mass is 10.2. The first kappa shape index (κ1) is 13.5. The Kier molecular flexibility index (Phi) is 3.27. The number of nitrogens with zero attached hydrogens (tertiary/aromatic N) is 1. The highest BCUT2D eigenvalue weighted by atomic mass is 16.6. The summed E-state index contributed by atoms with van der Waals surface area (Å²) in [4.78, 5) is 12.3. The van der Waals surface area contributed by atoms with Crippen molar-refractivity contribution in [2.75, 3.05) is 7.11 Å². The molecule has 0 aliphatic rings. The Morgan fingerprint density at radius 2 is 1.95 bits per heavy atom. The maximum atomic E-state index is 12.3. The molecule has 2 rings (SSSR count). The molecule has 102 valence electrons. The van der Waals surface area contributed by atoms with Gasteiger partial charge in [0, 0.05) is 11.1 Å². The van der Waals surface area contributed by atoms with E-state index in [-0.39, 0.29) is 6.09 Å². The fraction of sp³-hybridized carbons (Fsp3) is 0.400. The van der Waals surface area contributed by atoms with Crippen molar-refractivity contribution in [1.82, 2.24) is 4.57 Å². The molecule has 0 bridgehead atoms. The van der Waals surface area contributed by atoms with Crippen LogP contribution in [0.25, 0.3) is 10.9 Å². The Bertz CT molecular complexity index is 620. The van der Waals surface area contributed by atoms with Crippen molar-refractivity contribution in [3.8, 4) is 5.75 Å². The summed E-state index contributed by atoms with van der Waals surface area (Å²) in [5.74, 6) is 0.663. The Labute approximate surface area is 112 Å². The molecule has 0 amide bonds. The molecule has 1 aromatic heterocycles. The number of rotatable bonds is 1. The van der Waals surface area contributed by atoms with Gasteiger partial charge in [-0.3, -0.25) is 0 Å². The van der Waals surface area contributed by atoms with Crippen molar-refractivity contribution in [2.45, 2.75) is 33.3 Å². The van der Waals surface area contributed by atoms with Gasteiger partial charge in [-0.25, -0.2) is 9.36 Å². The smallest absolute Gasteiger partial charge is 0.419 e. The zero-order chi connectivity index (χ0) is 14.2. The molecule has 0 saturated carbocycles. The molecule has 0 aliphatic carbocycles. The van der Waals surface area contributed by atoms with Crippen LogP contribution in [0.1, 0.15) is 26.5 Å². The molecular weight excluding hydrogens is 242 g/mol. The highest BCUT2D eigenvalue weighted by Gasteiger charge is 2.22. The second kappa shape index (κ2) is 4.61. The quantitative estimate of drug-likeness (QED) is 0.785. The van der Waals surface area contributed by atoms with E-state index in [1.54, 1.807) is 11.7 Å². The lowest BCUT2D eigenvalue weighted by Gasteiger charge is -2.20. The predicted octanol–water partition coefficient (Wildman–Crippen LogP) is 3.74. The number of ether oxygens (including phenoxy) is 2. The summed E-state index contributed by atoms with van der Waals surface area (Å²) in [6, 6.07) is 7.64.